The third kappa shape index (κ3) is 3.27. The van der Waals surface area contributed by atoms with Crippen molar-refractivity contribution in [2.45, 2.75) is 11.8 Å². The van der Waals surface area contributed by atoms with E-state index in [4.69, 9.17) is 4.98 Å². The van der Waals surface area contributed by atoms with Crippen LogP contribution in [0, 0.1) is 12.7 Å². The third-order valence-electron chi connectivity index (χ3n) is 4.55. The predicted molar refractivity (Wildman–Crippen MR) is 110 cm³/mol. The Morgan fingerprint density at radius 1 is 0.929 bits per heavy atom. The Balaban J connectivity index is 1.95. The van der Waals surface area contributed by atoms with Crippen LogP contribution in [0.15, 0.2) is 71.8 Å². The molecule has 2 aromatic carbocycles. The van der Waals surface area contributed by atoms with Gasteiger partial charge in [0, 0.05) is 22.2 Å². The summed E-state index contributed by atoms with van der Waals surface area (Å²) in [7, 11) is 0. The van der Waals surface area contributed by atoms with E-state index in [0.29, 0.717) is 28.5 Å². The van der Waals surface area contributed by atoms with Crippen molar-refractivity contribution in [1.82, 2.24) is 14.7 Å². The molecule has 0 bridgehead atoms. The topological polar surface area (TPSA) is 50.9 Å². The van der Waals surface area contributed by atoms with Crippen molar-refractivity contribution in [3.05, 3.63) is 78.2 Å². The lowest BCUT2D eigenvalue weighted by molar-refractivity contribution is 0.195. The lowest BCUT2D eigenvalue weighted by Gasteiger charge is -2.08. The molecule has 4 aromatic rings. The quantitative estimate of drug-likeness (QED) is 0.359. The number of hydrogen-bond acceptors (Lipinski definition) is 4. The van der Waals surface area contributed by atoms with Gasteiger partial charge in [0.15, 0.2) is 5.82 Å². The van der Waals surface area contributed by atoms with Crippen LogP contribution in [0.3, 0.4) is 0 Å². The van der Waals surface area contributed by atoms with E-state index in [9.17, 15) is 9.60 Å². The summed E-state index contributed by atoms with van der Waals surface area (Å²) >= 11 is 1.65. The smallest absolute Gasteiger partial charge is 0.176 e. The van der Waals surface area contributed by atoms with Gasteiger partial charge in [-0.2, -0.15) is 4.73 Å². The predicted octanol–water partition coefficient (Wildman–Crippen LogP) is 5.69. The summed E-state index contributed by atoms with van der Waals surface area (Å²) < 4.78 is 14.5. The molecule has 0 saturated heterocycles. The van der Waals surface area contributed by atoms with Crippen molar-refractivity contribution in [1.29, 1.82) is 0 Å². The van der Waals surface area contributed by atoms with Crippen molar-refractivity contribution >= 4 is 11.8 Å². The molecule has 2 heterocycles. The fourth-order valence-electron chi connectivity index (χ4n) is 3.09. The van der Waals surface area contributed by atoms with Crippen LogP contribution in [-0.4, -0.2) is 26.2 Å². The molecular weight excluding hydrogens is 373 g/mol. The highest BCUT2D eigenvalue weighted by molar-refractivity contribution is 7.98. The second-order valence-corrected chi connectivity index (χ2v) is 7.23. The first-order valence-corrected chi connectivity index (χ1v) is 9.95. The molecule has 0 aliphatic carbocycles. The van der Waals surface area contributed by atoms with Gasteiger partial charge in [0.05, 0.1) is 5.69 Å². The highest BCUT2D eigenvalue weighted by atomic mass is 32.2. The van der Waals surface area contributed by atoms with Crippen molar-refractivity contribution in [3.8, 4) is 34.0 Å². The zero-order chi connectivity index (χ0) is 19.7. The molecule has 4 nitrogen and oxygen atoms in total. The van der Waals surface area contributed by atoms with Crippen LogP contribution in [0.2, 0.25) is 0 Å². The van der Waals surface area contributed by atoms with E-state index in [1.807, 2.05) is 49.6 Å². The van der Waals surface area contributed by atoms with Gasteiger partial charge in [-0.15, -0.1) is 11.8 Å². The van der Waals surface area contributed by atoms with Gasteiger partial charge in [0.2, 0.25) is 0 Å². The van der Waals surface area contributed by atoms with Crippen LogP contribution in [0.25, 0.3) is 34.0 Å². The van der Waals surface area contributed by atoms with E-state index < -0.39 is 0 Å². The van der Waals surface area contributed by atoms with Crippen LogP contribution >= 0.6 is 11.8 Å². The summed E-state index contributed by atoms with van der Waals surface area (Å²) in [4.78, 5) is 10.3. The number of hydrogen-bond donors (Lipinski definition) is 1. The zero-order valence-corrected chi connectivity index (χ0v) is 16.2. The number of thioether (sulfide) groups is 1. The van der Waals surface area contributed by atoms with Gasteiger partial charge >= 0.3 is 0 Å². The second kappa shape index (κ2) is 7.48. The average molecular weight is 391 g/mol. The van der Waals surface area contributed by atoms with Crippen LogP contribution in [-0.2, 0) is 0 Å². The molecule has 0 radical (unpaired) electrons. The van der Waals surface area contributed by atoms with E-state index in [1.165, 1.54) is 12.1 Å². The third-order valence-corrected chi connectivity index (χ3v) is 5.30. The fraction of sp³-hybridized carbons (Fsp3) is 0.0909. The van der Waals surface area contributed by atoms with Crippen molar-refractivity contribution in [3.63, 3.8) is 0 Å². The summed E-state index contributed by atoms with van der Waals surface area (Å²) in [6.45, 7) is 1.93. The Kier molecular flexibility index (Phi) is 4.88. The lowest BCUT2D eigenvalue weighted by Crippen LogP contribution is -2.00. The van der Waals surface area contributed by atoms with Gasteiger partial charge in [-0.25, -0.2) is 9.37 Å². The molecule has 1 N–H and O–H groups in total. The minimum Gasteiger partial charge on any atom is -0.426 e. The molecule has 4 rings (SSSR count). The van der Waals surface area contributed by atoms with Gasteiger partial charge in [-0.3, -0.25) is 4.98 Å². The molecule has 0 atom stereocenters. The summed E-state index contributed by atoms with van der Waals surface area (Å²) in [5.74, 6) is 0.0858. The maximum Gasteiger partial charge on any atom is 0.176 e. The molecule has 2 aromatic heterocycles. The van der Waals surface area contributed by atoms with Crippen LogP contribution in [0.4, 0.5) is 4.39 Å². The van der Waals surface area contributed by atoms with Crippen LogP contribution < -0.4 is 0 Å². The van der Waals surface area contributed by atoms with Crippen LogP contribution in [0.1, 0.15) is 5.56 Å². The van der Waals surface area contributed by atoms with E-state index >= 15 is 0 Å². The number of imidazole rings is 1. The summed E-state index contributed by atoms with van der Waals surface area (Å²) in [5, 5.41) is 11.0. The maximum absolute atomic E-state index is 13.4. The standard InChI is InChI=1S/C22H18FN3OS/c1-14-4-3-13-24-19(14)21-20(15-5-9-17(23)10-6-15)25-22(26(21)27)16-7-11-18(28-2)12-8-16/h3-13,27H,1-2H3. The number of benzene rings is 2. The SMILES string of the molecule is CSc1ccc(-c2nc(-c3ccc(F)cc3)c(-c3ncccc3C)n2O)cc1. The zero-order valence-electron chi connectivity index (χ0n) is 15.4. The molecule has 28 heavy (non-hydrogen) atoms. The molecule has 0 amide bonds. The monoisotopic (exact) mass is 391 g/mol. The van der Waals surface area contributed by atoms with E-state index in [2.05, 4.69) is 4.98 Å². The Hall–Kier alpha value is -3.12. The lowest BCUT2D eigenvalue weighted by atomic mass is 10.1. The molecular formula is C22H18FN3OS. The number of pyridine rings is 1. The molecule has 0 unspecified atom stereocenters. The molecule has 6 heteroatoms. The molecule has 0 aliphatic heterocycles. The molecule has 0 fully saturated rings. The van der Waals surface area contributed by atoms with Gasteiger partial charge < -0.3 is 5.21 Å². The summed E-state index contributed by atoms with van der Waals surface area (Å²) in [5.41, 5.74) is 4.05. The van der Waals surface area contributed by atoms with Crippen molar-refractivity contribution in [2.75, 3.05) is 6.26 Å². The maximum atomic E-state index is 13.4. The normalized spacial score (nSPS) is 11.0. The molecule has 0 spiro atoms. The highest BCUT2D eigenvalue weighted by Crippen LogP contribution is 2.36. The molecule has 140 valence electrons. The minimum atomic E-state index is -0.323. The van der Waals surface area contributed by atoms with Crippen molar-refractivity contribution < 1.29 is 9.60 Å². The number of aromatic nitrogens is 3. The van der Waals surface area contributed by atoms with E-state index in [0.717, 1.165) is 20.8 Å². The average Bonchev–Trinajstić information content (AvgIpc) is 3.06. The number of aryl methyl sites for hydroxylation is 1. The van der Waals surface area contributed by atoms with E-state index in [1.54, 1.807) is 30.1 Å². The van der Waals surface area contributed by atoms with Gasteiger partial charge in [-0.1, -0.05) is 18.2 Å². The minimum absolute atomic E-state index is 0.323. The molecule has 0 saturated carbocycles. The number of rotatable bonds is 4. The van der Waals surface area contributed by atoms with E-state index in [-0.39, 0.29) is 5.82 Å². The summed E-state index contributed by atoms with van der Waals surface area (Å²) in [6, 6.07) is 17.7. The van der Waals surface area contributed by atoms with Gasteiger partial charge in [0.25, 0.3) is 0 Å². The first kappa shape index (κ1) is 18.3. The largest absolute Gasteiger partial charge is 0.426 e. The Morgan fingerprint density at radius 3 is 2.25 bits per heavy atom. The fourth-order valence-corrected chi connectivity index (χ4v) is 3.50. The molecule has 0 aliphatic rings. The number of halogens is 1. The highest BCUT2D eigenvalue weighted by Gasteiger charge is 2.23. The van der Waals surface area contributed by atoms with Crippen LogP contribution in [0.5, 0.6) is 0 Å². The van der Waals surface area contributed by atoms with Gasteiger partial charge in [0.1, 0.15) is 17.2 Å². The first-order valence-electron chi connectivity index (χ1n) is 8.73. The number of nitrogens with zero attached hydrogens (tertiary/aromatic N) is 3. The Labute approximate surface area is 166 Å². The van der Waals surface area contributed by atoms with Crippen molar-refractivity contribution in [2.24, 2.45) is 0 Å². The Morgan fingerprint density at radius 2 is 1.61 bits per heavy atom. The van der Waals surface area contributed by atoms with Gasteiger partial charge in [-0.05, 0) is 61.2 Å². The summed E-state index contributed by atoms with van der Waals surface area (Å²) in [6.07, 6.45) is 3.69. The Bertz CT molecular complexity index is 1120. The first-order chi connectivity index (χ1) is 13.6. The second-order valence-electron chi connectivity index (χ2n) is 6.35.